The predicted molar refractivity (Wildman–Crippen MR) is 120 cm³/mol. The predicted octanol–water partition coefficient (Wildman–Crippen LogP) is 4.55. The van der Waals surface area contributed by atoms with E-state index in [1.54, 1.807) is 48.5 Å². The summed E-state index contributed by atoms with van der Waals surface area (Å²) in [6.45, 7) is 5.81. The first-order chi connectivity index (χ1) is 14.1. The summed E-state index contributed by atoms with van der Waals surface area (Å²) in [5, 5.41) is 3.03. The van der Waals surface area contributed by atoms with E-state index in [0.717, 1.165) is 11.1 Å². The number of benzene rings is 3. The highest BCUT2D eigenvalue weighted by atomic mass is 32.2. The molecule has 0 aliphatic carbocycles. The van der Waals surface area contributed by atoms with Crippen molar-refractivity contribution >= 4 is 21.6 Å². The molecule has 0 atom stereocenters. The third kappa shape index (κ3) is 5.70. The van der Waals surface area contributed by atoms with Crippen molar-refractivity contribution in [1.29, 1.82) is 0 Å². The standard InChI is InChI=1S/C24H26N2O3S/c1-18-12-14-22(15-13-18)30(28,29)26-21-11-7-10-20(16-21)23(27)25-24(2,3)17-19-8-5-4-6-9-19/h4-16,26H,17H2,1-3H3,(H,25,27). The quantitative estimate of drug-likeness (QED) is 0.587. The van der Waals surface area contributed by atoms with Gasteiger partial charge in [0, 0.05) is 16.8 Å². The molecular weight excluding hydrogens is 396 g/mol. The minimum atomic E-state index is -3.73. The van der Waals surface area contributed by atoms with E-state index in [1.165, 1.54) is 0 Å². The minimum Gasteiger partial charge on any atom is -0.347 e. The number of carbonyl (C=O) groups is 1. The first kappa shape index (κ1) is 21.6. The van der Waals surface area contributed by atoms with E-state index in [4.69, 9.17) is 0 Å². The molecule has 3 rings (SSSR count). The number of nitrogens with one attached hydrogen (secondary N) is 2. The van der Waals surface area contributed by atoms with Crippen LogP contribution in [0.3, 0.4) is 0 Å². The zero-order valence-electron chi connectivity index (χ0n) is 17.3. The Morgan fingerprint density at radius 1 is 0.900 bits per heavy atom. The van der Waals surface area contributed by atoms with Crippen LogP contribution in [0.25, 0.3) is 0 Å². The average Bonchev–Trinajstić information content (AvgIpc) is 2.68. The van der Waals surface area contributed by atoms with Gasteiger partial charge in [0.05, 0.1) is 4.90 Å². The largest absolute Gasteiger partial charge is 0.347 e. The van der Waals surface area contributed by atoms with Crippen molar-refractivity contribution in [3.8, 4) is 0 Å². The fourth-order valence-electron chi connectivity index (χ4n) is 3.19. The molecule has 3 aromatic carbocycles. The normalized spacial score (nSPS) is 11.7. The number of sulfonamides is 1. The highest BCUT2D eigenvalue weighted by Gasteiger charge is 2.22. The van der Waals surface area contributed by atoms with Crippen LogP contribution in [0, 0.1) is 6.92 Å². The Bertz CT molecular complexity index is 1120. The van der Waals surface area contributed by atoms with Gasteiger partial charge < -0.3 is 5.32 Å². The average molecular weight is 423 g/mol. The fraction of sp³-hybridized carbons (Fsp3) is 0.208. The van der Waals surface area contributed by atoms with Gasteiger partial charge in [-0.25, -0.2) is 8.42 Å². The Kier molecular flexibility index (Phi) is 6.27. The van der Waals surface area contributed by atoms with Crippen LogP contribution in [-0.2, 0) is 16.4 Å². The maximum atomic E-state index is 12.8. The second-order valence-electron chi connectivity index (χ2n) is 8.00. The third-order valence-electron chi connectivity index (χ3n) is 4.65. The Morgan fingerprint density at radius 3 is 2.23 bits per heavy atom. The fourth-order valence-corrected chi connectivity index (χ4v) is 4.23. The molecule has 0 unspecified atom stereocenters. The van der Waals surface area contributed by atoms with Gasteiger partial charge in [0.1, 0.15) is 0 Å². The van der Waals surface area contributed by atoms with Crippen molar-refractivity contribution in [3.63, 3.8) is 0 Å². The molecule has 1 amide bonds. The molecule has 156 valence electrons. The monoisotopic (exact) mass is 422 g/mol. The van der Waals surface area contributed by atoms with Crippen LogP contribution in [0.1, 0.15) is 35.3 Å². The number of anilines is 1. The molecule has 0 heterocycles. The topological polar surface area (TPSA) is 75.3 Å². The van der Waals surface area contributed by atoms with Crippen LogP contribution in [0.15, 0.2) is 83.8 Å². The first-order valence-corrected chi connectivity index (χ1v) is 11.2. The van der Waals surface area contributed by atoms with Gasteiger partial charge in [0.2, 0.25) is 0 Å². The Morgan fingerprint density at radius 2 is 1.57 bits per heavy atom. The molecular formula is C24H26N2O3S. The van der Waals surface area contributed by atoms with Crippen molar-refractivity contribution in [2.75, 3.05) is 4.72 Å². The van der Waals surface area contributed by atoms with Crippen LogP contribution in [-0.4, -0.2) is 19.9 Å². The van der Waals surface area contributed by atoms with Gasteiger partial charge in [0.25, 0.3) is 15.9 Å². The van der Waals surface area contributed by atoms with E-state index in [2.05, 4.69) is 10.0 Å². The summed E-state index contributed by atoms with van der Waals surface area (Å²) in [6.07, 6.45) is 0.680. The second-order valence-corrected chi connectivity index (χ2v) is 9.68. The SMILES string of the molecule is Cc1ccc(S(=O)(=O)Nc2cccc(C(=O)NC(C)(C)Cc3ccccc3)c2)cc1. The van der Waals surface area contributed by atoms with Crippen molar-refractivity contribution in [1.82, 2.24) is 5.32 Å². The molecule has 0 aromatic heterocycles. The van der Waals surface area contributed by atoms with Gasteiger partial charge in [-0.2, -0.15) is 0 Å². The van der Waals surface area contributed by atoms with Gasteiger partial charge in [-0.3, -0.25) is 9.52 Å². The summed E-state index contributed by atoms with van der Waals surface area (Å²) in [7, 11) is -3.73. The molecule has 0 bridgehead atoms. The van der Waals surface area contributed by atoms with Crippen molar-refractivity contribution in [2.45, 2.75) is 37.6 Å². The van der Waals surface area contributed by atoms with Gasteiger partial charge in [0.15, 0.2) is 0 Å². The molecule has 2 N–H and O–H groups in total. The summed E-state index contributed by atoms with van der Waals surface area (Å²) >= 11 is 0. The van der Waals surface area contributed by atoms with Gasteiger partial charge in [-0.15, -0.1) is 0 Å². The molecule has 0 radical (unpaired) electrons. The maximum absolute atomic E-state index is 12.8. The zero-order valence-corrected chi connectivity index (χ0v) is 18.2. The molecule has 0 aliphatic rings. The van der Waals surface area contributed by atoms with Crippen LogP contribution in [0.5, 0.6) is 0 Å². The summed E-state index contributed by atoms with van der Waals surface area (Å²) in [4.78, 5) is 13.0. The lowest BCUT2D eigenvalue weighted by atomic mass is 9.94. The van der Waals surface area contributed by atoms with E-state index >= 15 is 0 Å². The maximum Gasteiger partial charge on any atom is 0.261 e. The Balaban J connectivity index is 1.73. The third-order valence-corrected chi connectivity index (χ3v) is 6.05. The molecule has 0 saturated carbocycles. The minimum absolute atomic E-state index is 0.173. The van der Waals surface area contributed by atoms with E-state index in [-0.39, 0.29) is 10.8 Å². The zero-order chi connectivity index (χ0) is 21.8. The van der Waals surface area contributed by atoms with E-state index in [0.29, 0.717) is 17.7 Å². The Hall–Kier alpha value is -3.12. The van der Waals surface area contributed by atoms with Gasteiger partial charge >= 0.3 is 0 Å². The van der Waals surface area contributed by atoms with E-state index < -0.39 is 15.6 Å². The van der Waals surface area contributed by atoms with Crippen molar-refractivity contribution in [3.05, 3.63) is 95.6 Å². The lowest BCUT2D eigenvalue weighted by Crippen LogP contribution is -2.45. The van der Waals surface area contributed by atoms with Crippen LogP contribution >= 0.6 is 0 Å². The summed E-state index contributed by atoms with van der Waals surface area (Å²) in [5.74, 6) is -0.257. The molecule has 6 heteroatoms. The molecule has 0 aliphatic heterocycles. The molecule has 5 nitrogen and oxygen atoms in total. The highest BCUT2D eigenvalue weighted by Crippen LogP contribution is 2.19. The number of carbonyl (C=O) groups excluding carboxylic acids is 1. The second kappa shape index (κ2) is 8.71. The summed E-state index contributed by atoms with van der Waals surface area (Å²) in [5.41, 5.74) is 2.37. The molecule has 0 spiro atoms. The van der Waals surface area contributed by atoms with E-state index in [1.807, 2.05) is 51.1 Å². The van der Waals surface area contributed by atoms with Crippen molar-refractivity contribution in [2.24, 2.45) is 0 Å². The molecule has 30 heavy (non-hydrogen) atoms. The van der Waals surface area contributed by atoms with E-state index in [9.17, 15) is 13.2 Å². The molecule has 0 saturated heterocycles. The summed E-state index contributed by atoms with van der Waals surface area (Å²) in [6, 6.07) is 23.0. The van der Waals surface area contributed by atoms with Crippen LogP contribution < -0.4 is 10.0 Å². The highest BCUT2D eigenvalue weighted by molar-refractivity contribution is 7.92. The lowest BCUT2D eigenvalue weighted by molar-refractivity contribution is 0.0913. The Labute approximate surface area is 178 Å². The van der Waals surface area contributed by atoms with Gasteiger partial charge in [-0.1, -0.05) is 54.1 Å². The van der Waals surface area contributed by atoms with Gasteiger partial charge in [-0.05, 0) is 63.1 Å². The number of hydrogen-bond acceptors (Lipinski definition) is 3. The number of aryl methyl sites for hydroxylation is 1. The number of rotatable bonds is 7. The first-order valence-electron chi connectivity index (χ1n) is 9.71. The number of hydrogen-bond donors (Lipinski definition) is 2. The van der Waals surface area contributed by atoms with Crippen LogP contribution in [0.4, 0.5) is 5.69 Å². The molecule has 0 fully saturated rings. The van der Waals surface area contributed by atoms with Crippen molar-refractivity contribution < 1.29 is 13.2 Å². The summed E-state index contributed by atoms with van der Waals surface area (Å²) < 4.78 is 27.8. The number of amides is 1. The lowest BCUT2D eigenvalue weighted by Gasteiger charge is -2.26. The van der Waals surface area contributed by atoms with Crippen LogP contribution in [0.2, 0.25) is 0 Å². The smallest absolute Gasteiger partial charge is 0.261 e. The molecule has 3 aromatic rings.